The van der Waals surface area contributed by atoms with E-state index >= 15 is 0 Å². The van der Waals surface area contributed by atoms with E-state index in [4.69, 9.17) is 15.2 Å². The molecule has 7 nitrogen and oxygen atoms in total. The van der Waals surface area contributed by atoms with Crippen molar-refractivity contribution in [2.75, 3.05) is 18.0 Å². The van der Waals surface area contributed by atoms with Crippen LogP contribution in [0, 0.1) is 12.8 Å². The van der Waals surface area contributed by atoms with Crippen LogP contribution in [0.2, 0.25) is 0 Å². The third-order valence-corrected chi connectivity index (χ3v) is 4.56. The number of hydrogen-bond donors (Lipinski definition) is 1. The molecular formula is C18H25N5O2. The number of primary amides is 1. The Kier molecular flexibility index (Phi) is 4.49. The number of hydrogen-bond acceptors (Lipinski definition) is 6. The summed E-state index contributed by atoms with van der Waals surface area (Å²) in [6.45, 7) is 9.71. The number of anilines is 1. The number of aryl methyl sites for hydroxylation is 1. The molecule has 25 heavy (non-hydrogen) atoms. The maximum atomic E-state index is 11.3. The van der Waals surface area contributed by atoms with Crippen LogP contribution >= 0.6 is 0 Å². The Bertz CT molecular complexity index is 770. The zero-order chi connectivity index (χ0) is 18.2. The lowest BCUT2D eigenvalue weighted by Crippen LogP contribution is -2.39. The van der Waals surface area contributed by atoms with Gasteiger partial charge in [-0.15, -0.1) is 0 Å². The van der Waals surface area contributed by atoms with E-state index in [1.165, 1.54) is 0 Å². The van der Waals surface area contributed by atoms with E-state index in [1.807, 2.05) is 19.2 Å². The molecule has 0 atom stereocenters. The molecule has 1 fully saturated rings. The topological polar surface area (TPSA) is 98.1 Å². The molecule has 3 heterocycles. The summed E-state index contributed by atoms with van der Waals surface area (Å²) in [5.41, 5.74) is 7.86. The first-order chi connectivity index (χ1) is 11.8. The fourth-order valence-electron chi connectivity index (χ4n) is 3.13. The summed E-state index contributed by atoms with van der Waals surface area (Å²) in [5.74, 6) is 1.11. The molecule has 0 unspecified atom stereocenters. The van der Waals surface area contributed by atoms with Gasteiger partial charge in [-0.3, -0.25) is 4.79 Å². The van der Waals surface area contributed by atoms with E-state index in [0.29, 0.717) is 11.7 Å². The Hall–Kier alpha value is -2.44. The van der Waals surface area contributed by atoms with Gasteiger partial charge in [-0.05, 0) is 19.8 Å². The summed E-state index contributed by atoms with van der Waals surface area (Å²) in [6.07, 6.45) is 3.29. The molecule has 1 aliphatic heterocycles. The zero-order valence-corrected chi connectivity index (χ0v) is 15.2. The van der Waals surface area contributed by atoms with Crippen molar-refractivity contribution in [1.29, 1.82) is 0 Å². The van der Waals surface area contributed by atoms with Crippen LogP contribution < -0.4 is 10.6 Å². The van der Waals surface area contributed by atoms with E-state index in [-0.39, 0.29) is 17.2 Å². The molecule has 134 valence electrons. The maximum absolute atomic E-state index is 11.3. The molecule has 1 amide bonds. The smallest absolute Gasteiger partial charge is 0.225 e. The first-order valence-corrected chi connectivity index (χ1v) is 8.61. The molecule has 3 rings (SSSR count). The van der Waals surface area contributed by atoms with Gasteiger partial charge in [-0.1, -0.05) is 25.9 Å². The molecular weight excluding hydrogens is 318 g/mol. The summed E-state index contributed by atoms with van der Waals surface area (Å²) in [6, 6.07) is 1.89. The second-order valence-electron chi connectivity index (χ2n) is 7.68. The van der Waals surface area contributed by atoms with Crippen LogP contribution in [0.15, 0.2) is 16.8 Å². The minimum absolute atomic E-state index is 0.0465. The lowest BCUT2D eigenvalue weighted by atomic mass is 9.88. The summed E-state index contributed by atoms with van der Waals surface area (Å²) >= 11 is 0. The predicted molar refractivity (Wildman–Crippen MR) is 95.1 cm³/mol. The molecule has 2 aromatic heterocycles. The van der Waals surface area contributed by atoms with Crippen molar-refractivity contribution in [3.8, 4) is 11.3 Å². The van der Waals surface area contributed by atoms with Gasteiger partial charge in [0.25, 0.3) is 0 Å². The quantitative estimate of drug-likeness (QED) is 0.919. The average molecular weight is 343 g/mol. The van der Waals surface area contributed by atoms with Gasteiger partial charge < -0.3 is 15.2 Å². The number of nitrogens with two attached hydrogens (primary N) is 1. The Labute approximate surface area is 147 Å². The number of carbonyl (C=O) groups excluding carboxylic acids is 1. The molecule has 0 bridgehead atoms. The van der Waals surface area contributed by atoms with Crippen LogP contribution in [0.3, 0.4) is 0 Å². The lowest BCUT2D eigenvalue weighted by molar-refractivity contribution is -0.122. The number of piperidine rings is 1. The predicted octanol–water partition coefficient (Wildman–Crippen LogP) is 2.44. The van der Waals surface area contributed by atoms with Crippen LogP contribution in [0.5, 0.6) is 0 Å². The lowest BCUT2D eigenvalue weighted by Gasteiger charge is -2.31. The molecule has 0 aromatic carbocycles. The standard InChI is InChI=1S/C18H25N5O2/c1-11-9-14(25-22-11)13-10-20-17(21-15(13)18(2,3)4)23-7-5-12(6-8-23)16(19)24/h9-10,12H,5-8H2,1-4H3,(H2,19,24). The number of amides is 1. The van der Waals surface area contributed by atoms with E-state index < -0.39 is 0 Å². The number of nitrogens with zero attached hydrogens (tertiary/aromatic N) is 4. The molecule has 0 saturated carbocycles. The Morgan fingerprint density at radius 2 is 2.00 bits per heavy atom. The normalized spacial score (nSPS) is 16.2. The van der Waals surface area contributed by atoms with Crippen molar-refractivity contribution in [3.63, 3.8) is 0 Å². The minimum Gasteiger partial charge on any atom is -0.369 e. The highest BCUT2D eigenvalue weighted by atomic mass is 16.5. The maximum Gasteiger partial charge on any atom is 0.225 e. The SMILES string of the molecule is Cc1cc(-c2cnc(N3CCC(C(N)=O)CC3)nc2C(C)(C)C)on1. The Morgan fingerprint density at radius 3 is 2.52 bits per heavy atom. The van der Waals surface area contributed by atoms with E-state index in [9.17, 15) is 4.79 Å². The first-order valence-electron chi connectivity index (χ1n) is 8.61. The summed E-state index contributed by atoms with van der Waals surface area (Å²) in [5, 5.41) is 3.97. The number of aromatic nitrogens is 3. The Balaban J connectivity index is 1.91. The Morgan fingerprint density at radius 1 is 1.32 bits per heavy atom. The molecule has 0 radical (unpaired) electrons. The molecule has 0 spiro atoms. The second-order valence-corrected chi connectivity index (χ2v) is 7.68. The van der Waals surface area contributed by atoms with E-state index in [2.05, 4.69) is 35.8 Å². The van der Waals surface area contributed by atoms with Gasteiger partial charge in [-0.25, -0.2) is 9.97 Å². The molecule has 1 aliphatic rings. The fraction of sp³-hybridized carbons (Fsp3) is 0.556. The van der Waals surface area contributed by atoms with Crippen molar-refractivity contribution in [1.82, 2.24) is 15.1 Å². The highest BCUT2D eigenvalue weighted by Crippen LogP contribution is 2.33. The summed E-state index contributed by atoms with van der Waals surface area (Å²) in [4.78, 5) is 22.8. The minimum atomic E-state index is -0.216. The van der Waals surface area contributed by atoms with Crippen LogP contribution in [-0.4, -0.2) is 34.1 Å². The van der Waals surface area contributed by atoms with Crippen LogP contribution in [-0.2, 0) is 10.2 Å². The van der Waals surface area contributed by atoms with Crippen molar-refractivity contribution >= 4 is 11.9 Å². The number of carbonyl (C=O) groups is 1. The van der Waals surface area contributed by atoms with Gasteiger partial charge in [-0.2, -0.15) is 0 Å². The van der Waals surface area contributed by atoms with Crippen LogP contribution in [0.4, 0.5) is 5.95 Å². The highest BCUT2D eigenvalue weighted by molar-refractivity contribution is 5.77. The van der Waals surface area contributed by atoms with Crippen LogP contribution in [0.25, 0.3) is 11.3 Å². The van der Waals surface area contributed by atoms with Crippen molar-refractivity contribution in [2.24, 2.45) is 11.7 Å². The molecule has 1 saturated heterocycles. The monoisotopic (exact) mass is 343 g/mol. The molecule has 2 aromatic rings. The third kappa shape index (κ3) is 3.65. The molecule has 7 heteroatoms. The van der Waals surface area contributed by atoms with Crippen molar-refractivity contribution in [3.05, 3.63) is 23.7 Å². The van der Waals surface area contributed by atoms with Crippen molar-refractivity contribution in [2.45, 2.75) is 46.0 Å². The molecule has 0 aliphatic carbocycles. The van der Waals surface area contributed by atoms with E-state index in [0.717, 1.165) is 42.9 Å². The summed E-state index contributed by atoms with van der Waals surface area (Å²) in [7, 11) is 0. The number of rotatable bonds is 3. The first kappa shape index (κ1) is 17.4. The van der Waals surface area contributed by atoms with E-state index in [1.54, 1.807) is 0 Å². The van der Waals surface area contributed by atoms with Gasteiger partial charge in [0.05, 0.1) is 17.0 Å². The van der Waals surface area contributed by atoms with Gasteiger partial charge in [0, 0.05) is 36.7 Å². The third-order valence-electron chi connectivity index (χ3n) is 4.56. The molecule has 2 N–H and O–H groups in total. The fourth-order valence-corrected chi connectivity index (χ4v) is 3.13. The highest BCUT2D eigenvalue weighted by Gasteiger charge is 2.28. The van der Waals surface area contributed by atoms with Crippen LogP contribution in [0.1, 0.15) is 45.0 Å². The van der Waals surface area contributed by atoms with Gasteiger partial charge in [0.2, 0.25) is 11.9 Å². The summed E-state index contributed by atoms with van der Waals surface area (Å²) < 4.78 is 5.42. The van der Waals surface area contributed by atoms with Gasteiger partial charge in [0.15, 0.2) is 5.76 Å². The van der Waals surface area contributed by atoms with Crippen molar-refractivity contribution < 1.29 is 9.32 Å². The zero-order valence-electron chi connectivity index (χ0n) is 15.2. The van der Waals surface area contributed by atoms with Gasteiger partial charge >= 0.3 is 0 Å². The largest absolute Gasteiger partial charge is 0.369 e. The van der Waals surface area contributed by atoms with Gasteiger partial charge in [0.1, 0.15) is 0 Å². The second kappa shape index (κ2) is 6.46. The average Bonchev–Trinajstić information content (AvgIpc) is 3.00.